The van der Waals surface area contributed by atoms with Gasteiger partial charge in [-0.25, -0.2) is 4.79 Å². The summed E-state index contributed by atoms with van der Waals surface area (Å²) in [6, 6.07) is 15.7. The molecule has 2 amide bonds. The molecule has 3 aromatic carbocycles. The molecule has 0 unspecified atom stereocenters. The number of thioether (sulfide) groups is 1. The van der Waals surface area contributed by atoms with Crippen molar-refractivity contribution in [1.29, 1.82) is 0 Å². The van der Waals surface area contributed by atoms with Crippen LogP contribution in [-0.4, -0.2) is 51.2 Å². The molecule has 2 heterocycles. The first-order valence-electron chi connectivity index (χ1n) is 11.9. The van der Waals surface area contributed by atoms with Crippen LogP contribution in [-0.2, 0) is 16.1 Å². The summed E-state index contributed by atoms with van der Waals surface area (Å²) < 4.78 is 16.5. The molecule has 2 N–H and O–H groups in total. The van der Waals surface area contributed by atoms with Crippen molar-refractivity contribution < 1.29 is 23.8 Å². The van der Waals surface area contributed by atoms with Crippen molar-refractivity contribution in [2.45, 2.75) is 30.4 Å². The minimum atomic E-state index is -0.346. The van der Waals surface area contributed by atoms with Crippen LogP contribution in [0.4, 0.5) is 16.2 Å². The number of benzene rings is 3. The molecule has 9 heteroatoms. The van der Waals surface area contributed by atoms with E-state index in [0.717, 1.165) is 57.9 Å². The van der Waals surface area contributed by atoms with Crippen molar-refractivity contribution in [1.82, 2.24) is 5.32 Å². The van der Waals surface area contributed by atoms with Gasteiger partial charge in [-0.3, -0.25) is 9.69 Å². The summed E-state index contributed by atoms with van der Waals surface area (Å²) in [6.45, 7) is 2.01. The summed E-state index contributed by atoms with van der Waals surface area (Å²) in [6.07, 6.45) is 1.14. The number of hydrogen-bond donors (Lipinski definition) is 2. The summed E-state index contributed by atoms with van der Waals surface area (Å²) in [4.78, 5) is 26.9. The van der Waals surface area contributed by atoms with Crippen LogP contribution in [0, 0.1) is 0 Å². The molecular formula is C27H29N3O5S. The lowest BCUT2D eigenvalue weighted by Gasteiger charge is -2.20. The Bertz CT molecular complexity index is 1300. The van der Waals surface area contributed by atoms with E-state index >= 15 is 0 Å². The third kappa shape index (κ3) is 5.08. The Morgan fingerprint density at radius 2 is 1.97 bits per heavy atom. The topological polar surface area (TPSA) is 89.1 Å². The molecule has 0 aromatic heterocycles. The lowest BCUT2D eigenvalue weighted by molar-refractivity contribution is -0.113. The Labute approximate surface area is 214 Å². The van der Waals surface area contributed by atoms with Gasteiger partial charge in [0.2, 0.25) is 5.91 Å². The third-order valence-electron chi connectivity index (χ3n) is 6.47. The second-order valence-electron chi connectivity index (χ2n) is 8.79. The van der Waals surface area contributed by atoms with E-state index in [1.165, 1.54) is 17.3 Å². The Morgan fingerprint density at radius 1 is 1.08 bits per heavy atom. The first kappa shape index (κ1) is 24.3. The van der Waals surface area contributed by atoms with Crippen molar-refractivity contribution in [2.75, 3.05) is 43.3 Å². The smallest absolute Gasteiger partial charge is 0.414 e. The van der Waals surface area contributed by atoms with Gasteiger partial charge in [0, 0.05) is 22.5 Å². The van der Waals surface area contributed by atoms with Gasteiger partial charge >= 0.3 is 6.09 Å². The average Bonchev–Trinajstić information content (AvgIpc) is 3.27. The first-order chi connectivity index (χ1) is 17.6. The molecule has 0 aliphatic carbocycles. The highest BCUT2D eigenvalue weighted by atomic mass is 32.2. The van der Waals surface area contributed by atoms with Gasteiger partial charge in [-0.05, 0) is 72.8 Å². The molecule has 36 heavy (non-hydrogen) atoms. The van der Waals surface area contributed by atoms with Gasteiger partial charge in [0.1, 0.15) is 17.6 Å². The molecule has 0 bridgehead atoms. The Hall–Kier alpha value is -3.43. The predicted molar refractivity (Wildman–Crippen MR) is 141 cm³/mol. The number of ether oxygens (including phenoxy) is 3. The van der Waals surface area contributed by atoms with E-state index in [-0.39, 0.29) is 18.1 Å². The molecule has 0 saturated carbocycles. The quantitative estimate of drug-likeness (QED) is 0.402. The zero-order valence-electron chi connectivity index (χ0n) is 20.3. The standard InChI is InChI=1S/C27H29N3O5S/c1-33-19-7-8-21-22(13-19)17(5-9-24(21)34-2)14-28-11-3-4-20-15-30(27(32)35-20)18-6-10-25-23(12-18)29-26(31)16-36-25/h5-10,12-13,20,28H,3-4,11,14-16H2,1-2H3,(H,29,31)/t20-/m1/s1. The fourth-order valence-electron chi connectivity index (χ4n) is 4.62. The van der Waals surface area contributed by atoms with E-state index in [4.69, 9.17) is 14.2 Å². The van der Waals surface area contributed by atoms with Crippen LogP contribution in [0.3, 0.4) is 0 Å². The highest BCUT2D eigenvalue weighted by Crippen LogP contribution is 2.36. The number of fused-ring (bicyclic) bond motifs is 2. The number of rotatable bonds is 9. The number of nitrogens with zero attached hydrogens (tertiary/aromatic N) is 1. The van der Waals surface area contributed by atoms with Crippen molar-refractivity contribution in [3.63, 3.8) is 0 Å². The number of carbonyl (C=O) groups excluding carboxylic acids is 2. The van der Waals surface area contributed by atoms with Gasteiger partial charge in [0.05, 0.1) is 32.2 Å². The fourth-order valence-corrected chi connectivity index (χ4v) is 5.41. The van der Waals surface area contributed by atoms with Gasteiger partial charge in [-0.1, -0.05) is 6.07 Å². The Kier molecular flexibility index (Phi) is 7.20. The molecule has 1 fully saturated rings. The summed E-state index contributed by atoms with van der Waals surface area (Å²) in [7, 11) is 3.34. The van der Waals surface area contributed by atoms with E-state index in [9.17, 15) is 9.59 Å². The summed E-state index contributed by atoms with van der Waals surface area (Å²) in [5.74, 6) is 2.03. The second-order valence-corrected chi connectivity index (χ2v) is 9.81. The molecule has 188 valence electrons. The maximum Gasteiger partial charge on any atom is 0.414 e. The number of methoxy groups -OCH3 is 2. The Balaban J connectivity index is 1.14. The SMILES string of the molecule is COc1ccc2c(OC)ccc(CNCCC[C@@H]3CN(c4ccc5c(c4)NC(=O)CS5)C(=O)O3)c2c1. The molecule has 0 radical (unpaired) electrons. The predicted octanol–water partition coefficient (Wildman–Crippen LogP) is 4.80. The van der Waals surface area contributed by atoms with Crippen molar-refractivity contribution >= 4 is 45.9 Å². The molecule has 3 aromatic rings. The van der Waals surface area contributed by atoms with Crippen molar-refractivity contribution in [2.24, 2.45) is 0 Å². The lowest BCUT2D eigenvalue weighted by atomic mass is 10.0. The van der Waals surface area contributed by atoms with Gasteiger partial charge < -0.3 is 24.8 Å². The van der Waals surface area contributed by atoms with E-state index in [0.29, 0.717) is 18.8 Å². The van der Waals surface area contributed by atoms with Crippen molar-refractivity contribution in [3.8, 4) is 11.5 Å². The minimum Gasteiger partial charge on any atom is -0.497 e. The van der Waals surface area contributed by atoms with Gasteiger partial charge in [-0.2, -0.15) is 0 Å². The number of nitrogens with one attached hydrogen (secondary N) is 2. The lowest BCUT2D eigenvalue weighted by Crippen LogP contribution is -2.25. The average molecular weight is 508 g/mol. The molecule has 2 aliphatic heterocycles. The summed E-state index contributed by atoms with van der Waals surface area (Å²) in [5.41, 5.74) is 2.66. The molecule has 1 saturated heterocycles. The van der Waals surface area contributed by atoms with Crippen LogP contribution in [0.15, 0.2) is 53.4 Å². The summed E-state index contributed by atoms with van der Waals surface area (Å²) in [5, 5.41) is 8.53. The normalized spacial score (nSPS) is 17.1. The van der Waals surface area contributed by atoms with Crippen LogP contribution in [0.1, 0.15) is 18.4 Å². The first-order valence-corrected chi connectivity index (χ1v) is 12.9. The highest BCUT2D eigenvalue weighted by Gasteiger charge is 2.32. The number of hydrogen-bond acceptors (Lipinski definition) is 7. The molecule has 1 atom stereocenters. The highest BCUT2D eigenvalue weighted by molar-refractivity contribution is 8.00. The molecular weight excluding hydrogens is 478 g/mol. The monoisotopic (exact) mass is 507 g/mol. The van der Waals surface area contributed by atoms with Crippen LogP contribution < -0.4 is 25.0 Å². The Morgan fingerprint density at radius 3 is 2.81 bits per heavy atom. The maximum atomic E-state index is 12.5. The minimum absolute atomic E-state index is 0.0270. The van der Waals surface area contributed by atoms with E-state index in [1.54, 1.807) is 19.1 Å². The summed E-state index contributed by atoms with van der Waals surface area (Å²) >= 11 is 1.50. The number of amides is 2. The van der Waals surface area contributed by atoms with Gasteiger partial charge in [-0.15, -0.1) is 11.8 Å². The number of anilines is 2. The second kappa shape index (κ2) is 10.7. The fraction of sp³-hybridized carbons (Fsp3) is 0.333. The van der Waals surface area contributed by atoms with E-state index in [1.807, 2.05) is 42.5 Å². The van der Waals surface area contributed by atoms with Crippen LogP contribution >= 0.6 is 11.8 Å². The molecule has 0 spiro atoms. The molecule has 5 rings (SSSR count). The third-order valence-corrected chi connectivity index (χ3v) is 7.54. The maximum absolute atomic E-state index is 12.5. The number of carbonyl (C=O) groups is 2. The number of cyclic esters (lactones) is 1. The van der Waals surface area contributed by atoms with Crippen LogP contribution in [0.5, 0.6) is 11.5 Å². The van der Waals surface area contributed by atoms with Crippen LogP contribution in [0.25, 0.3) is 10.8 Å². The zero-order chi connectivity index (χ0) is 25.1. The van der Waals surface area contributed by atoms with E-state index < -0.39 is 0 Å². The van der Waals surface area contributed by atoms with Gasteiger partial charge in [0.15, 0.2) is 0 Å². The molecule has 8 nitrogen and oxygen atoms in total. The van der Waals surface area contributed by atoms with Crippen molar-refractivity contribution in [3.05, 3.63) is 54.1 Å². The molecule has 2 aliphatic rings. The van der Waals surface area contributed by atoms with Gasteiger partial charge in [0.25, 0.3) is 0 Å². The largest absolute Gasteiger partial charge is 0.497 e. The zero-order valence-corrected chi connectivity index (χ0v) is 21.2. The van der Waals surface area contributed by atoms with Crippen LogP contribution in [0.2, 0.25) is 0 Å². The van der Waals surface area contributed by atoms with E-state index in [2.05, 4.69) is 16.7 Å².